The largest absolute Gasteiger partial charge is 0.385 e. The van der Waals surface area contributed by atoms with Crippen LogP contribution in [0.1, 0.15) is 16.1 Å². The van der Waals surface area contributed by atoms with E-state index in [0.29, 0.717) is 12.2 Å². The molecule has 0 saturated carbocycles. The lowest BCUT2D eigenvalue weighted by atomic mass is 10.1. The predicted molar refractivity (Wildman–Crippen MR) is 90.4 cm³/mol. The summed E-state index contributed by atoms with van der Waals surface area (Å²) < 4.78 is 0. The molecule has 1 aromatic heterocycles. The van der Waals surface area contributed by atoms with Crippen molar-refractivity contribution in [3.63, 3.8) is 0 Å². The van der Waals surface area contributed by atoms with Crippen molar-refractivity contribution in [2.45, 2.75) is 6.42 Å². The number of halogens is 1. The molecule has 0 saturated heterocycles. The molecule has 5 heteroatoms. The van der Waals surface area contributed by atoms with Gasteiger partial charge in [0.05, 0.1) is 0 Å². The zero-order valence-electron chi connectivity index (χ0n) is 12.2. The summed E-state index contributed by atoms with van der Waals surface area (Å²) in [6.45, 7) is 4.75. The summed E-state index contributed by atoms with van der Waals surface area (Å²) in [4.78, 5) is 15.9. The Labute approximate surface area is 135 Å². The maximum Gasteiger partial charge on any atom is 0.270 e. The molecule has 4 nitrogen and oxygen atoms in total. The summed E-state index contributed by atoms with van der Waals surface area (Å²) in [6.07, 6.45) is 4.12. The van der Waals surface area contributed by atoms with Gasteiger partial charge < -0.3 is 10.6 Å². The molecule has 2 rings (SSSR count). The van der Waals surface area contributed by atoms with Gasteiger partial charge in [0, 0.05) is 30.0 Å². The van der Waals surface area contributed by atoms with E-state index in [1.807, 2.05) is 30.3 Å². The molecule has 0 bridgehead atoms. The molecule has 2 aromatic rings. The molecule has 0 aliphatic heterocycles. The number of amides is 1. The summed E-state index contributed by atoms with van der Waals surface area (Å²) in [5.74, 6) is -0.207. The molecule has 1 heterocycles. The van der Waals surface area contributed by atoms with Crippen LogP contribution >= 0.6 is 11.6 Å². The quantitative estimate of drug-likeness (QED) is 0.771. The van der Waals surface area contributed by atoms with Crippen LogP contribution in [-0.4, -0.2) is 24.0 Å². The average Bonchev–Trinajstić information content (AvgIpc) is 2.55. The Morgan fingerprint density at radius 1 is 1.27 bits per heavy atom. The number of benzene rings is 1. The molecule has 0 fully saturated rings. The Morgan fingerprint density at radius 2 is 2.05 bits per heavy atom. The van der Waals surface area contributed by atoms with Gasteiger partial charge in [-0.15, -0.1) is 6.58 Å². The minimum atomic E-state index is -0.207. The van der Waals surface area contributed by atoms with E-state index >= 15 is 0 Å². The third-order valence-corrected chi connectivity index (χ3v) is 3.31. The first kappa shape index (κ1) is 16.0. The van der Waals surface area contributed by atoms with Crippen LogP contribution in [-0.2, 0) is 6.42 Å². The van der Waals surface area contributed by atoms with Crippen LogP contribution in [0.15, 0.2) is 55.3 Å². The van der Waals surface area contributed by atoms with E-state index in [-0.39, 0.29) is 5.91 Å². The fraction of sp³-hybridized carbons (Fsp3) is 0.176. The second-order valence-electron chi connectivity index (χ2n) is 4.73. The molecule has 1 aromatic carbocycles. The van der Waals surface area contributed by atoms with Gasteiger partial charge in [-0.25, -0.2) is 0 Å². The number of rotatable bonds is 7. The fourth-order valence-electron chi connectivity index (χ4n) is 1.92. The van der Waals surface area contributed by atoms with E-state index < -0.39 is 0 Å². The topological polar surface area (TPSA) is 54.0 Å². The number of hydrogen-bond acceptors (Lipinski definition) is 3. The van der Waals surface area contributed by atoms with E-state index in [2.05, 4.69) is 22.2 Å². The van der Waals surface area contributed by atoms with E-state index in [9.17, 15) is 4.79 Å². The molecule has 0 radical (unpaired) electrons. The highest BCUT2D eigenvalue weighted by molar-refractivity contribution is 6.30. The van der Waals surface area contributed by atoms with E-state index in [1.54, 1.807) is 18.3 Å². The smallest absolute Gasteiger partial charge is 0.270 e. The van der Waals surface area contributed by atoms with Gasteiger partial charge in [-0.05, 0) is 36.2 Å². The second-order valence-corrected chi connectivity index (χ2v) is 5.17. The van der Waals surface area contributed by atoms with Gasteiger partial charge in [-0.1, -0.05) is 29.8 Å². The Balaban J connectivity index is 1.88. The van der Waals surface area contributed by atoms with Gasteiger partial charge >= 0.3 is 0 Å². The summed E-state index contributed by atoms with van der Waals surface area (Å²) in [7, 11) is 0. The minimum Gasteiger partial charge on any atom is -0.385 e. The second kappa shape index (κ2) is 8.20. The van der Waals surface area contributed by atoms with Crippen molar-refractivity contribution in [1.82, 2.24) is 10.3 Å². The van der Waals surface area contributed by atoms with E-state index in [4.69, 9.17) is 11.6 Å². The third kappa shape index (κ3) is 4.90. The van der Waals surface area contributed by atoms with Crippen molar-refractivity contribution in [3.8, 4) is 0 Å². The molecule has 0 unspecified atom stereocenters. The van der Waals surface area contributed by atoms with Crippen LogP contribution in [0, 0.1) is 0 Å². The molecule has 2 N–H and O–H groups in total. The van der Waals surface area contributed by atoms with Crippen LogP contribution in [0.2, 0.25) is 5.02 Å². The number of nitrogens with one attached hydrogen (secondary N) is 2. The van der Waals surface area contributed by atoms with Gasteiger partial charge in [-0.2, -0.15) is 0 Å². The van der Waals surface area contributed by atoms with Gasteiger partial charge in [-0.3, -0.25) is 9.78 Å². The first-order chi connectivity index (χ1) is 10.7. The molecule has 22 heavy (non-hydrogen) atoms. The minimum absolute atomic E-state index is 0.207. The lowest BCUT2D eigenvalue weighted by molar-refractivity contribution is 0.0953. The summed E-state index contributed by atoms with van der Waals surface area (Å²) in [5, 5.41) is 6.73. The summed E-state index contributed by atoms with van der Waals surface area (Å²) in [6, 6.07) is 11.3. The Kier molecular flexibility index (Phi) is 5.98. The highest BCUT2D eigenvalue weighted by atomic mass is 35.5. The van der Waals surface area contributed by atoms with Crippen LogP contribution < -0.4 is 10.6 Å². The number of aromatic nitrogens is 1. The van der Waals surface area contributed by atoms with Crippen molar-refractivity contribution < 1.29 is 4.79 Å². The lowest BCUT2D eigenvalue weighted by Crippen LogP contribution is -2.24. The Morgan fingerprint density at radius 3 is 2.77 bits per heavy atom. The van der Waals surface area contributed by atoms with Crippen molar-refractivity contribution in [2.75, 3.05) is 18.4 Å². The predicted octanol–water partition coefficient (Wildman–Crippen LogP) is 3.31. The zero-order chi connectivity index (χ0) is 15.8. The van der Waals surface area contributed by atoms with Crippen LogP contribution in [0.4, 0.5) is 5.69 Å². The SMILES string of the molecule is C=CCNC(=O)c1cc(NCCc2ccc(Cl)cc2)ccn1. The van der Waals surface area contributed by atoms with Crippen molar-refractivity contribution >= 4 is 23.2 Å². The highest BCUT2D eigenvalue weighted by Crippen LogP contribution is 2.11. The molecule has 1 amide bonds. The average molecular weight is 316 g/mol. The molecule has 0 atom stereocenters. The Hall–Kier alpha value is -2.33. The number of carbonyl (C=O) groups is 1. The molecular formula is C17H18ClN3O. The number of pyridine rings is 1. The van der Waals surface area contributed by atoms with Crippen LogP contribution in [0.3, 0.4) is 0 Å². The molecule has 0 aliphatic rings. The van der Waals surface area contributed by atoms with Gasteiger partial charge in [0.15, 0.2) is 0 Å². The first-order valence-electron chi connectivity index (χ1n) is 7.02. The monoisotopic (exact) mass is 315 g/mol. The summed E-state index contributed by atoms with van der Waals surface area (Å²) in [5.41, 5.74) is 2.46. The molecular weight excluding hydrogens is 298 g/mol. The maximum absolute atomic E-state index is 11.8. The molecule has 0 spiro atoms. The third-order valence-electron chi connectivity index (χ3n) is 3.06. The highest BCUT2D eigenvalue weighted by Gasteiger charge is 2.06. The fourth-order valence-corrected chi connectivity index (χ4v) is 2.05. The van der Waals surface area contributed by atoms with Gasteiger partial charge in [0.2, 0.25) is 0 Å². The number of carbonyl (C=O) groups excluding carboxylic acids is 1. The first-order valence-corrected chi connectivity index (χ1v) is 7.40. The van der Waals surface area contributed by atoms with E-state index in [0.717, 1.165) is 23.7 Å². The number of hydrogen-bond donors (Lipinski definition) is 2. The van der Waals surface area contributed by atoms with Crippen molar-refractivity contribution in [1.29, 1.82) is 0 Å². The zero-order valence-corrected chi connectivity index (χ0v) is 12.9. The van der Waals surface area contributed by atoms with Gasteiger partial charge in [0.25, 0.3) is 5.91 Å². The van der Waals surface area contributed by atoms with Crippen LogP contribution in [0.5, 0.6) is 0 Å². The number of nitrogens with zero attached hydrogens (tertiary/aromatic N) is 1. The van der Waals surface area contributed by atoms with E-state index in [1.165, 1.54) is 5.56 Å². The number of anilines is 1. The van der Waals surface area contributed by atoms with Crippen molar-refractivity contribution in [2.24, 2.45) is 0 Å². The molecule has 114 valence electrons. The normalized spacial score (nSPS) is 10.0. The Bertz CT molecular complexity index is 641. The van der Waals surface area contributed by atoms with Gasteiger partial charge in [0.1, 0.15) is 5.69 Å². The van der Waals surface area contributed by atoms with Crippen LogP contribution in [0.25, 0.3) is 0 Å². The maximum atomic E-state index is 11.8. The van der Waals surface area contributed by atoms with Crippen molar-refractivity contribution in [3.05, 3.63) is 71.5 Å². The summed E-state index contributed by atoms with van der Waals surface area (Å²) >= 11 is 5.86. The molecule has 0 aliphatic carbocycles. The standard InChI is InChI=1S/C17H18ClN3O/c1-2-9-21-17(22)16-12-15(8-11-20-16)19-10-7-13-3-5-14(18)6-4-13/h2-6,8,11-12H,1,7,9-10H2,(H,19,20)(H,21,22). The lowest BCUT2D eigenvalue weighted by Gasteiger charge is -2.08.